The topological polar surface area (TPSA) is 16.3 Å². The summed E-state index contributed by atoms with van der Waals surface area (Å²) in [6, 6.07) is 116. The van der Waals surface area contributed by atoms with Crippen molar-refractivity contribution in [2.24, 2.45) is 0 Å². The van der Waals surface area contributed by atoms with Gasteiger partial charge in [-0.3, -0.25) is 0 Å². The van der Waals surface area contributed by atoms with Gasteiger partial charge in [0.15, 0.2) is 0 Å². The molecule has 0 atom stereocenters. The summed E-state index contributed by atoms with van der Waals surface area (Å²) in [7, 11) is 0. The second-order valence-corrected chi connectivity index (χ2v) is 38.3. The Morgan fingerprint density at radius 3 is 0.726 bits per heavy atom. The number of rotatable bonds is 9. The van der Waals surface area contributed by atoms with Gasteiger partial charge in [0.1, 0.15) is 0 Å². The molecule has 0 fully saturated rings. The summed E-state index contributed by atoms with van der Waals surface area (Å²) in [5, 5.41) is 5.04. The van der Waals surface area contributed by atoms with E-state index in [1.54, 1.807) is 0 Å². The predicted molar refractivity (Wildman–Crippen MR) is 489 cm³/mol. The van der Waals surface area contributed by atoms with Crippen molar-refractivity contribution in [3.05, 3.63) is 331 Å². The number of aromatic nitrogens is 2. The van der Waals surface area contributed by atoms with Crippen molar-refractivity contribution in [2.75, 3.05) is 9.80 Å². The average molecular weight is 1470 g/mol. The van der Waals surface area contributed by atoms with E-state index < -0.39 is 0 Å². The van der Waals surface area contributed by atoms with Gasteiger partial charge in [-0.15, -0.1) is 0 Å². The van der Waals surface area contributed by atoms with Crippen LogP contribution in [0.15, 0.2) is 297 Å². The first-order valence-corrected chi connectivity index (χ1v) is 40.7. The lowest BCUT2D eigenvalue weighted by Gasteiger charge is -2.46. The van der Waals surface area contributed by atoms with Gasteiger partial charge in [0.2, 0.25) is 0 Å². The third-order valence-electron chi connectivity index (χ3n) is 24.4. The Morgan fingerprint density at radius 1 is 0.212 bits per heavy atom. The molecule has 0 saturated heterocycles. The van der Waals surface area contributed by atoms with E-state index in [1.165, 1.54) is 93.4 Å². The molecule has 18 rings (SSSR count). The number of hydrogen-bond acceptors (Lipinski definition) is 2. The summed E-state index contributed by atoms with van der Waals surface area (Å²) < 4.78 is 5.15. The van der Waals surface area contributed by atoms with Crippen LogP contribution in [0.2, 0.25) is 0 Å². The van der Waals surface area contributed by atoms with Crippen LogP contribution in [0, 0.1) is 0 Å². The predicted octanol–water partition coefficient (Wildman–Crippen LogP) is 28.1. The first-order valence-electron chi connectivity index (χ1n) is 40.7. The Balaban J connectivity index is 1.04. The Labute approximate surface area is 670 Å². The lowest BCUT2D eigenvalue weighted by Crippen LogP contribution is -2.61. The van der Waals surface area contributed by atoms with Gasteiger partial charge in [-0.2, -0.15) is 0 Å². The highest BCUT2D eigenvalue weighted by atomic mass is 15.2. The van der Waals surface area contributed by atoms with E-state index >= 15 is 0 Å². The highest BCUT2D eigenvalue weighted by Crippen LogP contribution is 2.56. The third-order valence-corrected chi connectivity index (χ3v) is 24.4. The Bertz CT molecular complexity index is 5820. The number of fused-ring (bicyclic) bond motifs is 10. The molecule has 0 N–H and O–H groups in total. The maximum atomic E-state index is 2.74. The zero-order chi connectivity index (χ0) is 78.7. The largest absolute Gasteiger partial charge is 0.310 e. The molecular formula is C108H103BN4. The second-order valence-electron chi connectivity index (χ2n) is 38.3. The molecule has 5 heteroatoms. The number of nitrogens with zero attached hydrogens (tertiary/aromatic N) is 4. The van der Waals surface area contributed by atoms with Gasteiger partial charge in [-0.05, 0) is 225 Å². The second kappa shape index (κ2) is 26.5. The van der Waals surface area contributed by atoms with E-state index in [1.807, 2.05) is 0 Å². The third kappa shape index (κ3) is 12.5. The SMILES string of the molecule is CC(C)(C)c1cc(-c2ccccc2)c(N2c3cc(-n4c5ccc(C(C)(C)C)cc5c5cc(C(C)(C)C)ccc54)ccc3B3c4ccc(-n5c6ccc(C(C)(C)C)cc6c6cc(C(C)(C)C)ccc65)cc4N(c4c(-c5ccccc5)cc(C(C)(C)C)cc4-c4ccccc4)c4cc(-c5ccccc5)cc2c43)c(-c2ccccc2)c1. The summed E-state index contributed by atoms with van der Waals surface area (Å²) in [4.78, 5) is 5.49. The molecule has 2 aromatic heterocycles. The Kier molecular flexibility index (Phi) is 17.1. The standard InChI is InChI=1S/C108H103BN4/c1-103(2,3)74-44-52-92-86(58-74)87-59-75(104(4,5)6)45-53-93(87)110(92)80-48-50-90-96(66-80)112(101-82(69-36-26-20-27-37-69)62-78(107(13,14)15)63-83(101)70-38-28-21-29-39-70)98-56-73(68-34-24-19-25-35-68)57-99-100(98)109(90)91-51-49-81(111-94-54-46-76(105(7,8)9)60-88(94)89-61-77(106(10,11)12)47-55-95(89)111)67-97(91)113(99)102-84(71-40-30-22-31-41-71)64-79(108(16,17)18)65-85(102)72-42-32-23-33-43-72/h19-67H,1-18H3. The monoisotopic (exact) mass is 1470 g/mol. The fourth-order valence-electron chi connectivity index (χ4n) is 18.0. The van der Waals surface area contributed by atoms with Gasteiger partial charge in [0.05, 0.1) is 33.4 Å². The van der Waals surface area contributed by atoms with Gasteiger partial charge in [0, 0.05) is 77.9 Å². The molecule has 558 valence electrons. The zero-order valence-electron chi connectivity index (χ0n) is 69.2. The van der Waals surface area contributed by atoms with Gasteiger partial charge in [-0.1, -0.05) is 313 Å². The molecule has 113 heavy (non-hydrogen) atoms. The van der Waals surface area contributed by atoms with Crippen LogP contribution in [0.5, 0.6) is 0 Å². The van der Waals surface area contributed by atoms with Crippen LogP contribution in [0.3, 0.4) is 0 Å². The number of anilines is 6. The van der Waals surface area contributed by atoms with Gasteiger partial charge >= 0.3 is 0 Å². The van der Waals surface area contributed by atoms with Gasteiger partial charge < -0.3 is 18.9 Å². The fourth-order valence-corrected chi connectivity index (χ4v) is 18.0. The Hall–Kier alpha value is -11.7. The van der Waals surface area contributed by atoms with Crippen LogP contribution in [-0.4, -0.2) is 15.8 Å². The van der Waals surface area contributed by atoms with E-state index in [4.69, 9.17) is 0 Å². The molecule has 0 spiro atoms. The quantitative estimate of drug-likeness (QED) is 0.134. The molecule has 0 bridgehead atoms. The summed E-state index contributed by atoms with van der Waals surface area (Å²) in [5.74, 6) is 0. The van der Waals surface area contributed by atoms with Crippen LogP contribution in [0.1, 0.15) is 158 Å². The maximum absolute atomic E-state index is 2.74. The molecule has 0 amide bonds. The van der Waals surface area contributed by atoms with Crippen molar-refractivity contribution in [3.8, 4) is 67.0 Å². The summed E-state index contributed by atoms with van der Waals surface area (Å²) >= 11 is 0. The fraction of sp³-hybridized carbons (Fsp3) is 0.222. The minimum Gasteiger partial charge on any atom is -0.310 e. The molecule has 2 aliphatic rings. The minimum absolute atomic E-state index is 0.0681. The van der Waals surface area contributed by atoms with Crippen molar-refractivity contribution in [1.29, 1.82) is 0 Å². The van der Waals surface area contributed by atoms with E-state index in [2.05, 4.69) is 441 Å². The lowest BCUT2D eigenvalue weighted by molar-refractivity contribution is 0.590. The van der Waals surface area contributed by atoms with Gasteiger partial charge in [-0.25, -0.2) is 0 Å². The first-order chi connectivity index (χ1) is 53.8. The van der Waals surface area contributed by atoms with Crippen LogP contribution in [0.4, 0.5) is 34.1 Å². The van der Waals surface area contributed by atoms with Crippen molar-refractivity contribution in [1.82, 2.24) is 9.13 Å². The highest BCUT2D eigenvalue weighted by molar-refractivity contribution is 7.00. The van der Waals surface area contributed by atoms with E-state index in [9.17, 15) is 0 Å². The van der Waals surface area contributed by atoms with Crippen molar-refractivity contribution >= 4 is 101 Å². The Morgan fingerprint density at radius 2 is 0.469 bits per heavy atom. The zero-order valence-corrected chi connectivity index (χ0v) is 69.2. The summed E-state index contributed by atoms with van der Waals surface area (Å²) in [6.45, 7) is 42.0. The normalized spacial score (nSPS) is 13.3. The molecule has 14 aromatic carbocycles. The molecule has 0 unspecified atom stereocenters. The van der Waals surface area contributed by atoms with Crippen LogP contribution in [-0.2, 0) is 32.5 Å². The molecule has 0 saturated carbocycles. The van der Waals surface area contributed by atoms with E-state index in [0.29, 0.717) is 0 Å². The van der Waals surface area contributed by atoms with E-state index in [0.717, 1.165) is 101 Å². The molecule has 2 aliphatic heterocycles. The summed E-state index contributed by atoms with van der Waals surface area (Å²) in [5.41, 5.74) is 36.0. The lowest BCUT2D eigenvalue weighted by atomic mass is 9.33. The van der Waals surface area contributed by atoms with Crippen molar-refractivity contribution < 1.29 is 0 Å². The van der Waals surface area contributed by atoms with E-state index in [-0.39, 0.29) is 39.2 Å². The van der Waals surface area contributed by atoms with Gasteiger partial charge in [0.25, 0.3) is 6.71 Å². The number of hydrogen-bond donors (Lipinski definition) is 0. The maximum Gasteiger partial charge on any atom is 0.252 e. The number of benzene rings is 14. The first kappa shape index (κ1) is 72.9. The molecule has 4 heterocycles. The molecule has 16 aromatic rings. The molecule has 4 nitrogen and oxygen atoms in total. The minimum atomic E-state index is -0.280. The molecule has 0 aliphatic carbocycles. The van der Waals surface area contributed by atoms with Crippen LogP contribution < -0.4 is 26.2 Å². The average Bonchev–Trinajstić information content (AvgIpc) is 0.750. The summed E-state index contributed by atoms with van der Waals surface area (Å²) in [6.07, 6.45) is 0. The van der Waals surface area contributed by atoms with Crippen molar-refractivity contribution in [2.45, 2.75) is 157 Å². The molecule has 0 radical (unpaired) electrons. The van der Waals surface area contributed by atoms with Crippen LogP contribution in [0.25, 0.3) is 111 Å². The van der Waals surface area contributed by atoms with Crippen LogP contribution >= 0.6 is 0 Å². The molecular weight excluding hydrogens is 1360 g/mol. The highest BCUT2D eigenvalue weighted by Gasteiger charge is 2.47. The smallest absolute Gasteiger partial charge is 0.252 e. The van der Waals surface area contributed by atoms with Crippen molar-refractivity contribution in [3.63, 3.8) is 0 Å².